The molecule has 4 rings (SSSR count). The van der Waals surface area contributed by atoms with Crippen LogP contribution < -0.4 is 0 Å². The average Bonchev–Trinajstić information content (AvgIpc) is 3.50. The van der Waals surface area contributed by atoms with E-state index in [4.69, 9.17) is 0 Å². The summed E-state index contributed by atoms with van der Waals surface area (Å²) in [5.74, 6) is -1.74. The van der Waals surface area contributed by atoms with E-state index in [0.29, 0.717) is 10.4 Å². The average molecular weight is 430 g/mol. The number of para-hydroxylation sites is 1. The number of hydrogen-bond acceptors (Lipinski definition) is 5. The van der Waals surface area contributed by atoms with E-state index in [9.17, 15) is 14.9 Å². The van der Waals surface area contributed by atoms with Crippen molar-refractivity contribution in [2.75, 3.05) is 0 Å². The van der Waals surface area contributed by atoms with Gasteiger partial charge in [-0.3, -0.25) is 19.5 Å². The monoisotopic (exact) mass is 429 g/mol. The van der Waals surface area contributed by atoms with Crippen LogP contribution in [0.3, 0.4) is 0 Å². The largest absolute Gasteiger partial charge is 0.297 e. The van der Waals surface area contributed by atoms with E-state index in [1.54, 1.807) is 23.0 Å². The van der Waals surface area contributed by atoms with Gasteiger partial charge in [-0.1, -0.05) is 54.6 Å². The number of ketones is 1. The zero-order chi connectivity index (χ0) is 21.8. The lowest BCUT2D eigenvalue weighted by atomic mass is 9.80. The van der Waals surface area contributed by atoms with Crippen LogP contribution in [-0.2, 0) is 0 Å². The van der Waals surface area contributed by atoms with Crippen LogP contribution in [0.2, 0.25) is 0 Å². The third-order valence-electron chi connectivity index (χ3n) is 5.11. The molecule has 31 heavy (non-hydrogen) atoms. The lowest BCUT2D eigenvalue weighted by Gasteiger charge is -2.24. The minimum atomic E-state index is -0.845. The molecule has 2 aromatic carbocycles. The number of nitro groups is 1. The van der Waals surface area contributed by atoms with Crippen LogP contribution in [-0.4, -0.2) is 20.3 Å². The summed E-state index contributed by atoms with van der Waals surface area (Å²) < 4.78 is 1.71. The zero-order valence-electron chi connectivity index (χ0n) is 16.5. The fourth-order valence-electron chi connectivity index (χ4n) is 3.68. The molecule has 0 aliphatic heterocycles. The minimum Gasteiger partial charge on any atom is -0.297 e. The predicted molar refractivity (Wildman–Crippen MR) is 120 cm³/mol. The van der Waals surface area contributed by atoms with Crippen molar-refractivity contribution >= 4 is 17.1 Å². The third-order valence-corrected chi connectivity index (χ3v) is 6.07. The van der Waals surface area contributed by atoms with Crippen molar-refractivity contribution in [3.05, 3.63) is 129 Å². The molecule has 0 aliphatic carbocycles. The van der Waals surface area contributed by atoms with Crippen molar-refractivity contribution in [3.63, 3.8) is 0 Å². The van der Waals surface area contributed by atoms with Crippen molar-refractivity contribution in [2.45, 2.75) is 11.8 Å². The first-order chi connectivity index (χ1) is 15.1. The first-order valence-corrected chi connectivity index (χ1v) is 10.5. The highest BCUT2D eigenvalue weighted by Gasteiger charge is 2.40. The molecule has 0 saturated carbocycles. The molecular weight excluding hydrogens is 410 g/mol. The molecule has 0 aliphatic rings. The van der Waals surface area contributed by atoms with Crippen LogP contribution in [0.1, 0.15) is 32.9 Å². The van der Waals surface area contributed by atoms with Gasteiger partial charge in [0.05, 0.1) is 16.8 Å². The van der Waals surface area contributed by atoms with Crippen molar-refractivity contribution in [2.24, 2.45) is 0 Å². The summed E-state index contributed by atoms with van der Waals surface area (Å²) in [5.41, 5.74) is 1.25. The molecule has 2 atom stereocenters. The summed E-state index contributed by atoms with van der Waals surface area (Å²) in [4.78, 5) is 30.2. The second kappa shape index (κ2) is 8.89. The zero-order valence-corrected chi connectivity index (χ0v) is 17.3. The van der Waals surface area contributed by atoms with E-state index in [1.165, 1.54) is 11.3 Å². The Kier molecular flexibility index (Phi) is 5.86. The summed E-state index contributed by atoms with van der Waals surface area (Å²) in [6.45, 7) is 3.73. The number of thiophene rings is 1. The molecule has 4 aromatic rings. The maximum atomic E-state index is 13.9. The Balaban J connectivity index is 1.87. The van der Waals surface area contributed by atoms with Crippen molar-refractivity contribution in [3.8, 4) is 5.69 Å². The summed E-state index contributed by atoms with van der Waals surface area (Å²) in [6, 6.07) is 22.1. The standard InChI is InChI=1S/C24H19N3O3S/c1-17(27(29)30)21(20-13-8-16-31-20)22(18-9-4-2-5-10-18)23(28)24-25-14-15-26(24)19-11-6-3-7-12-19/h2-16,21-22H,1H2/t21?,22-/m0/s1. The van der Waals surface area contributed by atoms with Gasteiger partial charge < -0.3 is 0 Å². The number of hydrogen-bond donors (Lipinski definition) is 0. The Labute approximate surface area is 183 Å². The van der Waals surface area contributed by atoms with Gasteiger partial charge in [-0.2, -0.15) is 0 Å². The molecule has 0 amide bonds. The molecule has 0 N–H and O–H groups in total. The molecule has 2 heterocycles. The highest BCUT2D eigenvalue weighted by atomic mass is 32.1. The number of aromatic nitrogens is 2. The van der Waals surface area contributed by atoms with Gasteiger partial charge in [0.25, 0.3) is 0 Å². The van der Waals surface area contributed by atoms with Gasteiger partial charge >= 0.3 is 0 Å². The van der Waals surface area contributed by atoms with Crippen molar-refractivity contribution in [1.29, 1.82) is 0 Å². The molecule has 0 fully saturated rings. The Morgan fingerprint density at radius 2 is 1.68 bits per heavy atom. The number of carbonyl (C=O) groups is 1. The summed E-state index contributed by atoms with van der Waals surface area (Å²) in [6.07, 6.45) is 3.28. The first kappa shape index (κ1) is 20.4. The van der Waals surface area contributed by atoms with Gasteiger partial charge in [0.2, 0.25) is 11.5 Å². The number of allylic oxidation sites excluding steroid dienone is 1. The maximum absolute atomic E-state index is 13.9. The summed E-state index contributed by atoms with van der Waals surface area (Å²) >= 11 is 1.37. The van der Waals surface area contributed by atoms with E-state index < -0.39 is 16.8 Å². The number of Topliss-reactive ketones (excluding diaryl/α,β-unsaturated/α-hetero) is 1. The Morgan fingerprint density at radius 3 is 2.29 bits per heavy atom. The highest BCUT2D eigenvalue weighted by Crippen LogP contribution is 2.42. The fourth-order valence-corrected chi connectivity index (χ4v) is 4.57. The first-order valence-electron chi connectivity index (χ1n) is 9.62. The predicted octanol–water partition coefficient (Wildman–Crippen LogP) is 5.47. The number of rotatable bonds is 8. The summed E-state index contributed by atoms with van der Waals surface area (Å²) in [7, 11) is 0. The molecule has 1 unspecified atom stereocenters. The molecule has 0 radical (unpaired) electrons. The third kappa shape index (κ3) is 4.08. The van der Waals surface area contributed by atoms with E-state index in [1.807, 2.05) is 72.1 Å². The maximum Gasteiger partial charge on any atom is 0.248 e. The molecule has 7 heteroatoms. The fraction of sp³-hybridized carbons (Fsp3) is 0.0833. The Hall–Kier alpha value is -3.84. The van der Waals surface area contributed by atoms with E-state index in [0.717, 1.165) is 5.69 Å². The van der Waals surface area contributed by atoms with Crippen molar-refractivity contribution in [1.82, 2.24) is 9.55 Å². The van der Waals surface area contributed by atoms with Crippen LogP contribution in [0.25, 0.3) is 5.69 Å². The van der Waals surface area contributed by atoms with Gasteiger partial charge in [0.1, 0.15) is 0 Å². The summed E-state index contributed by atoms with van der Waals surface area (Å²) in [5, 5.41) is 13.6. The quantitative estimate of drug-likeness (QED) is 0.211. The van der Waals surface area contributed by atoms with Gasteiger partial charge in [0, 0.05) is 23.0 Å². The van der Waals surface area contributed by atoms with E-state index in [-0.39, 0.29) is 17.3 Å². The highest BCUT2D eigenvalue weighted by molar-refractivity contribution is 7.10. The number of nitrogens with zero attached hydrogens (tertiary/aromatic N) is 3. The van der Waals surface area contributed by atoms with Gasteiger partial charge in [0.15, 0.2) is 5.82 Å². The lowest BCUT2D eigenvalue weighted by molar-refractivity contribution is -0.429. The second-order valence-electron chi connectivity index (χ2n) is 6.95. The van der Waals surface area contributed by atoms with Crippen LogP contribution in [0.4, 0.5) is 0 Å². The molecule has 154 valence electrons. The van der Waals surface area contributed by atoms with E-state index >= 15 is 0 Å². The SMILES string of the molecule is C=C(C(c1cccs1)[C@@H](C(=O)c1nccn1-c1ccccc1)c1ccccc1)[N+](=O)[O-]. The number of benzene rings is 2. The van der Waals surface area contributed by atoms with Crippen molar-refractivity contribution < 1.29 is 9.72 Å². The lowest BCUT2D eigenvalue weighted by Crippen LogP contribution is -2.26. The second-order valence-corrected chi connectivity index (χ2v) is 7.93. The van der Waals surface area contributed by atoms with E-state index in [2.05, 4.69) is 11.6 Å². The minimum absolute atomic E-state index is 0.220. The topological polar surface area (TPSA) is 78.0 Å². The normalized spacial score (nSPS) is 12.8. The van der Waals surface area contributed by atoms with Gasteiger partial charge in [-0.25, -0.2) is 4.98 Å². The molecule has 0 saturated heterocycles. The molecule has 6 nitrogen and oxygen atoms in total. The molecule has 0 bridgehead atoms. The number of carbonyl (C=O) groups excluding carboxylic acids is 1. The Morgan fingerprint density at radius 1 is 1.00 bits per heavy atom. The molecule has 0 spiro atoms. The smallest absolute Gasteiger partial charge is 0.248 e. The van der Waals surface area contributed by atoms with Crippen LogP contribution in [0.15, 0.2) is 103 Å². The Bertz CT molecular complexity index is 1200. The van der Waals surface area contributed by atoms with Crippen LogP contribution in [0.5, 0.6) is 0 Å². The van der Waals surface area contributed by atoms with Gasteiger partial charge in [-0.05, 0) is 35.7 Å². The molecule has 2 aromatic heterocycles. The molecular formula is C24H19N3O3S. The van der Waals surface area contributed by atoms with Gasteiger partial charge in [-0.15, -0.1) is 11.3 Å². The number of imidazole rings is 1. The van der Waals surface area contributed by atoms with Crippen LogP contribution >= 0.6 is 11.3 Å². The van der Waals surface area contributed by atoms with Crippen LogP contribution in [0, 0.1) is 10.1 Å².